The minimum atomic E-state index is -4.19. The van der Waals surface area contributed by atoms with Gasteiger partial charge in [-0.25, -0.2) is 18.4 Å². The van der Waals surface area contributed by atoms with Crippen molar-refractivity contribution in [1.29, 1.82) is 0 Å². The van der Waals surface area contributed by atoms with Crippen LogP contribution in [-0.2, 0) is 14.8 Å². The normalized spacial score (nSPS) is 11.2. The highest BCUT2D eigenvalue weighted by Gasteiger charge is 2.22. The fourth-order valence-electron chi connectivity index (χ4n) is 4.68. The van der Waals surface area contributed by atoms with Crippen LogP contribution < -0.4 is 30.1 Å². The third-order valence-corrected chi connectivity index (χ3v) is 8.37. The van der Waals surface area contributed by atoms with E-state index in [-0.39, 0.29) is 23.1 Å². The molecule has 0 radical (unpaired) electrons. The third-order valence-electron chi connectivity index (χ3n) is 7.04. The molecule has 4 N–H and O–H groups in total. The summed E-state index contributed by atoms with van der Waals surface area (Å²) in [5, 5.41) is 3.15. The summed E-state index contributed by atoms with van der Waals surface area (Å²) in [7, 11) is -1.12. The van der Waals surface area contributed by atoms with Gasteiger partial charge in [0.1, 0.15) is 18.0 Å². The number of nitrogens with two attached hydrogens (primary N) is 1. The highest BCUT2D eigenvalue weighted by molar-refractivity contribution is 7.92. The molecular weight excluding hydrogens is 580 g/mol. The van der Waals surface area contributed by atoms with Crippen LogP contribution in [0, 0.1) is 13.8 Å². The number of benzene rings is 4. The Kier molecular flexibility index (Phi) is 8.54. The summed E-state index contributed by atoms with van der Waals surface area (Å²) in [6.45, 7) is 3.75. The van der Waals surface area contributed by atoms with Crippen LogP contribution in [0.2, 0.25) is 0 Å². The lowest BCUT2D eigenvalue weighted by Gasteiger charge is -2.26. The number of nitrogens with one attached hydrogen (secondary N) is 2. The molecule has 12 heteroatoms. The molecule has 5 rings (SSSR count). The largest absolute Gasteiger partial charge is 0.497 e. The van der Waals surface area contributed by atoms with Crippen molar-refractivity contribution in [3.05, 3.63) is 96.1 Å². The number of ether oxygens (including phenoxy) is 2. The molecule has 0 aliphatic heterocycles. The van der Waals surface area contributed by atoms with Gasteiger partial charge in [-0.2, -0.15) is 0 Å². The zero-order valence-electron chi connectivity index (χ0n) is 24.7. The van der Waals surface area contributed by atoms with Gasteiger partial charge in [0.15, 0.2) is 11.6 Å². The molecule has 0 spiro atoms. The van der Waals surface area contributed by atoms with Crippen LogP contribution in [0.1, 0.15) is 11.1 Å². The number of fused-ring (bicyclic) bond motifs is 1. The number of anilines is 5. The Hall–Kier alpha value is -5.36. The molecule has 1 amide bonds. The van der Waals surface area contributed by atoms with E-state index in [4.69, 9.17) is 15.2 Å². The van der Waals surface area contributed by atoms with Crippen LogP contribution in [-0.4, -0.2) is 45.1 Å². The van der Waals surface area contributed by atoms with Crippen molar-refractivity contribution in [1.82, 2.24) is 9.97 Å². The molecule has 0 fully saturated rings. The van der Waals surface area contributed by atoms with Gasteiger partial charge in [-0.3, -0.25) is 9.52 Å². The molecule has 0 aliphatic carbocycles. The van der Waals surface area contributed by atoms with E-state index in [1.807, 2.05) is 38.1 Å². The molecule has 0 aliphatic rings. The van der Waals surface area contributed by atoms with Crippen LogP contribution >= 0.6 is 0 Å². The Morgan fingerprint density at radius 1 is 0.841 bits per heavy atom. The van der Waals surface area contributed by atoms with Gasteiger partial charge in [-0.05, 0) is 61.4 Å². The quantitative estimate of drug-likeness (QED) is 0.177. The first-order valence-electron chi connectivity index (χ1n) is 13.6. The lowest BCUT2D eigenvalue weighted by molar-refractivity contribution is -0.116. The Labute approximate surface area is 255 Å². The molecule has 44 heavy (non-hydrogen) atoms. The number of sulfonamides is 1. The number of hydrogen-bond donors (Lipinski definition) is 3. The Morgan fingerprint density at radius 2 is 1.48 bits per heavy atom. The number of aryl methyl sites for hydroxylation is 1. The maximum Gasteiger partial charge on any atom is 0.263 e. The summed E-state index contributed by atoms with van der Waals surface area (Å²) in [4.78, 5) is 23.0. The molecule has 5 aromatic rings. The zero-order valence-corrected chi connectivity index (χ0v) is 25.5. The van der Waals surface area contributed by atoms with Crippen LogP contribution in [0.3, 0.4) is 0 Å². The monoisotopic (exact) mass is 612 g/mol. The number of amides is 1. The van der Waals surface area contributed by atoms with E-state index in [0.29, 0.717) is 33.9 Å². The number of rotatable bonds is 11. The third kappa shape index (κ3) is 6.50. The van der Waals surface area contributed by atoms with Crippen molar-refractivity contribution >= 4 is 55.7 Å². The van der Waals surface area contributed by atoms with Crippen molar-refractivity contribution < 1.29 is 22.7 Å². The first-order valence-corrected chi connectivity index (χ1v) is 15.1. The molecule has 1 heterocycles. The zero-order chi connectivity index (χ0) is 31.4. The van der Waals surface area contributed by atoms with Gasteiger partial charge < -0.3 is 25.4 Å². The molecule has 0 atom stereocenters. The number of methoxy groups -OCH3 is 2. The number of nitrogens with zero attached hydrogens (tertiary/aromatic N) is 3. The second-order valence-electron chi connectivity index (χ2n) is 10.0. The average Bonchev–Trinajstić information content (AvgIpc) is 3.01. The first kappa shape index (κ1) is 30.1. The van der Waals surface area contributed by atoms with E-state index in [1.165, 1.54) is 26.4 Å². The summed E-state index contributed by atoms with van der Waals surface area (Å²) in [6.07, 6.45) is 0. The molecule has 11 nitrogen and oxygen atoms in total. The SMILES string of the molecule is COc1cc(Nc2nc3ccccc3nc2NS(=O)(=O)c2cccc(N(CC(N)=O)c3cccc(C)c3C)c2)cc(OC)c1. The number of carbonyl (C=O) groups excluding carboxylic acids is 1. The van der Waals surface area contributed by atoms with E-state index >= 15 is 0 Å². The van der Waals surface area contributed by atoms with Crippen molar-refractivity contribution in [2.75, 3.05) is 35.7 Å². The molecule has 1 aromatic heterocycles. The minimum Gasteiger partial charge on any atom is -0.497 e. The van der Waals surface area contributed by atoms with E-state index in [1.54, 1.807) is 53.4 Å². The number of hydrogen-bond acceptors (Lipinski definition) is 9. The van der Waals surface area contributed by atoms with E-state index in [0.717, 1.165) is 16.8 Å². The van der Waals surface area contributed by atoms with E-state index in [9.17, 15) is 13.2 Å². The molecule has 0 unspecified atom stereocenters. The van der Waals surface area contributed by atoms with Gasteiger partial charge in [-0.1, -0.05) is 30.3 Å². The summed E-state index contributed by atoms with van der Waals surface area (Å²) in [5.74, 6) is 0.658. The summed E-state index contributed by atoms with van der Waals surface area (Å²) >= 11 is 0. The lowest BCUT2D eigenvalue weighted by atomic mass is 10.1. The molecular formula is C32H32N6O5S. The minimum absolute atomic E-state index is 0.0144. The summed E-state index contributed by atoms with van der Waals surface area (Å²) < 4.78 is 41.0. The lowest BCUT2D eigenvalue weighted by Crippen LogP contribution is -2.31. The van der Waals surface area contributed by atoms with Gasteiger partial charge in [-0.15, -0.1) is 0 Å². The van der Waals surface area contributed by atoms with E-state index in [2.05, 4.69) is 20.0 Å². The number of para-hydroxylation sites is 2. The van der Waals surface area contributed by atoms with Gasteiger partial charge in [0.25, 0.3) is 10.0 Å². The van der Waals surface area contributed by atoms with Crippen LogP contribution in [0.4, 0.5) is 28.7 Å². The Balaban J connectivity index is 1.55. The fourth-order valence-corrected chi connectivity index (χ4v) is 5.73. The van der Waals surface area contributed by atoms with Crippen LogP contribution in [0.25, 0.3) is 11.0 Å². The van der Waals surface area contributed by atoms with Crippen LogP contribution in [0.5, 0.6) is 11.5 Å². The van der Waals surface area contributed by atoms with Crippen molar-refractivity contribution in [3.8, 4) is 11.5 Å². The van der Waals surface area contributed by atoms with E-state index < -0.39 is 15.9 Å². The second kappa shape index (κ2) is 12.5. The van der Waals surface area contributed by atoms with Gasteiger partial charge in [0, 0.05) is 35.3 Å². The molecule has 0 bridgehead atoms. The van der Waals surface area contributed by atoms with Gasteiger partial charge in [0.2, 0.25) is 5.91 Å². The summed E-state index contributed by atoms with van der Waals surface area (Å²) in [6, 6.07) is 24.3. The topological polar surface area (TPSA) is 149 Å². The second-order valence-corrected chi connectivity index (χ2v) is 11.7. The molecule has 4 aromatic carbocycles. The standard InChI is InChI=1S/C32H32N6O5S/c1-20-9-7-14-29(21(20)2)38(19-30(33)39)23-10-8-11-26(17-23)44(40,41)37-32-31(35-27-12-5-6-13-28(27)36-32)34-22-15-24(42-3)18-25(16-22)43-4/h5-18H,19H2,1-4H3,(H2,33,39)(H,34,35)(H,36,37). The Morgan fingerprint density at radius 3 is 2.11 bits per heavy atom. The number of carbonyl (C=O) groups is 1. The highest BCUT2D eigenvalue weighted by atomic mass is 32.2. The average molecular weight is 613 g/mol. The van der Waals surface area contributed by atoms with Gasteiger partial charge >= 0.3 is 0 Å². The first-order chi connectivity index (χ1) is 21.1. The highest BCUT2D eigenvalue weighted by Crippen LogP contribution is 2.34. The predicted octanol–water partition coefficient (Wildman–Crippen LogP) is 5.43. The van der Waals surface area contributed by atoms with Crippen molar-refractivity contribution in [2.24, 2.45) is 5.73 Å². The fraction of sp³-hybridized carbons (Fsp3) is 0.156. The molecule has 0 saturated heterocycles. The smallest absolute Gasteiger partial charge is 0.263 e. The Bertz CT molecular complexity index is 1940. The van der Waals surface area contributed by atoms with Gasteiger partial charge in [0.05, 0.1) is 30.1 Å². The number of aromatic nitrogens is 2. The van der Waals surface area contributed by atoms with Crippen molar-refractivity contribution in [3.63, 3.8) is 0 Å². The molecule has 0 saturated carbocycles. The number of primary amides is 1. The summed E-state index contributed by atoms with van der Waals surface area (Å²) in [5.41, 5.74) is 10.4. The maximum absolute atomic E-state index is 13.8. The van der Waals surface area contributed by atoms with Crippen molar-refractivity contribution in [2.45, 2.75) is 18.7 Å². The van der Waals surface area contributed by atoms with Crippen LogP contribution in [0.15, 0.2) is 89.8 Å². The maximum atomic E-state index is 13.8. The predicted molar refractivity (Wildman–Crippen MR) is 172 cm³/mol. The molecule has 226 valence electrons.